The van der Waals surface area contributed by atoms with Crippen LogP contribution in [0.4, 0.5) is 0 Å². The summed E-state index contributed by atoms with van der Waals surface area (Å²) in [6.07, 6.45) is 1.59. The number of rotatable bonds is 5. The molecule has 0 N–H and O–H groups in total. The summed E-state index contributed by atoms with van der Waals surface area (Å²) in [7, 11) is 0.650. The topological polar surface area (TPSA) is 60.9 Å². The van der Waals surface area contributed by atoms with Crippen molar-refractivity contribution < 1.29 is 13.2 Å². The Hall–Kier alpha value is -1.44. The highest BCUT2D eigenvalue weighted by atomic mass is 32.2. The van der Waals surface area contributed by atoms with Crippen molar-refractivity contribution in [1.29, 1.82) is 0 Å². The summed E-state index contributed by atoms with van der Waals surface area (Å²) < 4.78 is 27.2. The molecule has 1 aromatic rings. The fraction of sp³-hybridized carbons (Fsp3) is 0.650. The molecule has 7 heteroatoms. The van der Waals surface area contributed by atoms with Gasteiger partial charge in [-0.25, -0.2) is 12.7 Å². The van der Waals surface area contributed by atoms with Gasteiger partial charge in [-0.3, -0.25) is 4.79 Å². The third-order valence-corrected chi connectivity index (χ3v) is 8.55. The van der Waals surface area contributed by atoms with E-state index in [1.165, 1.54) is 0 Å². The van der Waals surface area contributed by atoms with Crippen LogP contribution in [0.3, 0.4) is 0 Å². The van der Waals surface area contributed by atoms with E-state index in [9.17, 15) is 13.2 Å². The molecule has 0 aromatic heterocycles. The summed E-state index contributed by atoms with van der Waals surface area (Å²) in [4.78, 5) is 16.8. The molecular weight excluding hydrogens is 362 g/mol. The van der Waals surface area contributed by atoms with Gasteiger partial charge in [0.2, 0.25) is 15.9 Å². The fourth-order valence-corrected chi connectivity index (χ4v) is 6.66. The molecule has 1 amide bonds. The van der Waals surface area contributed by atoms with Crippen LogP contribution in [0.25, 0.3) is 0 Å². The number of sulfonamides is 1. The van der Waals surface area contributed by atoms with E-state index in [0.29, 0.717) is 26.2 Å². The van der Waals surface area contributed by atoms with E-state index in [1.807, 2.05) is 36.0 Å². The second-order valence-corrected chi connectivity index (χ2v) is 10.8. The van der Waals surface area contributed by atoms with Gasteiger partial charge in [0.1, 0.15) is 0 Å². The number of benzene rings is 1. The number of likely N-dealkylation sites (N-methyl/N-ethyl adjacent to an activating group) is 1. The standard InChI is InChI=1S/C20H29N3O3S/c1-14-6-4-5-7-17(14)20-18-12-22(27(25,26)16-8-9-16)10-15(18)11-23(20)19(24)13-21(2)3/h4-7,15-16,18,20H,8-13H2,1-3H3/t15-,18-,20+/m1/s1. The van der Waals surface area contributed by atoms with Crippen LogP contribution in [0.1, 0.15) is 30.0 Å². The van der Waals surface area contributed by atoms with Gasteiger partial charge in [0.05, 0.1) is 17.8 Å². The molecule has 27 heavy (non-hydrogen) atoms. The minimum atomic E-state index is -3.16. The summed E-state index contributed by atoms with van der Waals surface area (Å²) in [6.45, 7) is 4.19. The number of fused-ring (bicyclic) bond motifs is 1. The third kappa shape index (κ3) is 3.41. The van der Waals surface area contributed by atoms with Crippen molar-refractivity contribution in [2.24, 2.45) is 11.8 Å². The number of aryl methyl sites for hydroxylation is 1. The Balaban J connectivity index is 1.64. The van der Waals surface area contributed by atoms with E-state index in [0.717, 1.165) is 24.0 Å². The van der Waals surface area contributed by atoms with Crippen LogP contribution in [0, 0.1) is 18.8 Å². The van der Waals surface area contributed by atoms with Gasteiger partial charge in [-0.2, -0.15) is 0 Å². The zero-order chi connectivity index (χ0) is 19.3. The van der Waals surface area contributed by atoms with E-state index < -0.39 is 10.0 Å². The number of likely N-dealkylation sites (tertiary alicyclic amines) is 1. The van der Waals surface area contributed by atoms with Gasteiger partial charge in [0.25, 0.3) is 0 Å². The lowest BCUT2D eigenvalue weighted by Gasteiger charge is -2.31. The van der Waals surface area contributed by atoms with Crippen molar-refractivity contribution in [3.63, 3.8) is 0 Å². The fourth-order valence-electron chi connectivity index (χ4n) is 4.72. The van der Waals surface area contributed by atoms with Crippen molar-refractivity contribution in [3.8, 4) is 0 Å². The lowest BCUT2D eigenvalue weighted by molar-refractivity contribution is -0.133. The normalized spacial score (nSPS) is 28.7. The monoisotopic (exact) mass is 391 g/mol. The lowest BCUT2D eigenvalue weighted by Crippen LogP contribution is -2.41. The van der Waals surface area contributed by atoms with Crippen LogP contribution >= 0.6 is 0 Å². The first-order valence-electron chi connectivity index (χ1n) is 9.77. The summed E-state index contributed by atoms with van der Waals surface area (Å²) in [6, 6.07) is 8.15. The highest BCUT2D eigenvalue weighted by molar-refractivity contribution is 7.90. The van der Waals surface area contributed by atoms with Gasteiger partial charge >= 0.3 is 0 Å². The quantitative estimate of drug-likeness (QED) is 0.763. The maximum Gasteiger partial charge on any atom is 0.237 e. The second kappa shape index (κ2) is 6.87. The number of amides is 1. The number of carbonyl (C=O) groups excluding carboxylic acids is 1. The number of hydrogen-bond acceptors (Lipinski definition) is 4. The summed E-state index contributed by atoms with van der Waals surface area (Å²) in [5.41, 5.74) is 2.32. The average molecular weight is 392 g/mol. The summed E-state index contributed by atoms with van der Waals surface area (Å²) >= 11 is 0. The van der Waals surface area contributed by atoms with Gasteiger partial charge in [-0.05, 0) is 50.9 Å². The lowest BCUT2D eigenvalue weighted by atomic mass is 9.87. The largest absolute Gasteiger partial charge is 0.334 e. The van der Waals surface area contributed by atoms with Crippen molar-refractivity contribution in [2.75, 3.05) is 40.3 Å². The molecule has 2 saturated heterocycles. The summed E-state index contributed by atoms with van der Waals surface area (Å²) in [5.74, 6) is 0.513. The van der Waals surface area contributed by atoms with Crippen LogP contribution in [0.2, 0.25) is 0 Å². The zero-order valence-corrected chi connectivity index (χ0v) is 17.2. The average Bonchev–Trinajstić information content (AvgIpc) is 3.28. The van der Waals surface area contributed by atoms with Crippen molar-refractivity contribution >= 4 is 15.9 Å². The Morgan fingerprint density at radius 1 is 1.15 bits per heavy atom. The van der Waals surface area contributed by atoms with Gasteiger partial charge in [0.15, 0.2) is 0 Å². The minimum absolute atomic E-state index is 0.0388. The number of hydrogen-bond donors (Lipinski definition) is 0. The highest BCUT2D eigenvalue weighted by Gasteiger charge is 2.53. The van der Waals surface area contributed by atoms with E-state index >= 15 is 0 Å². The Morgan fingerprint density at radius 2 is 1.85 bits per heavy atom. The van der Waals surface area contributed by atoms with Gasteiger partial charge in [-0.15, -0.1) is 0 Å². The van der Waals surface area contributed by atoms with Crippen molar-refractivity contribution in [3.05, 3.63) is 35.4 Å². The molecule has 6 nitrogen and oxygen atoms in total. The first kappa shape index (κ1) is 18.9. The summed E-state index contributed by atoms with van der Waals surface area (Å²) in [5, 5.41) is -0.167. The van der Waals surface area contributed by atoms with Gasteiger partial charge in [0, 0.05) is 25.6 Å². The van der Waals surface area contributed by atoms with Crippen LogP contribution in [0.5, 0.6) is 0 Å². The molecule has 3 fully saturated rings. The SMILES string of the molecule is Cc1ccccc1[C@H]1[C@@H]2CN(S(=O)(=O)C3CC3)C[C@@H]2CN1C(=O)CN(C)C. The second-order valence-electron chi connectivity index (χ2n) is 8.57. The maximum atomic E-state index is 12.9. The molecule has 1 saturated carbocycles. The van der Waals surface area contributed by atoms with Crippen molar-refractivity contribution in [1.82, 2.24) is 14.1 Å². The molecule has 4 rings (SSSR count). The molecule has 0 radical (unpaired) electrons. The van der Waals surface area contributed by atoms with Crippen LogP contribution < -0.4 is 0 Å². The molecule has 1 aliphatic carbocycles. The molecule has 1 aromatic carbocycles. The molecule has 2 heterocycles. The molecular formula is C20H29N3O3S. The smallest absolute Gasteiger partial charge is 0.237 e. The van der Waals surface area contributed by atoms with Crippen LogP contribution in [0.15, 0.2) is 24.3 Å². The molecule has 2 aliphatic heterocycles. The van der Waals surface area contributed by atoms with E-state index in [2.05, 4.69) is 19.1 Å². The van der Waals surface area contributed by atoms with E-state index in [4.69, 9.17) is 0 Å². The first-order chi connectivity index (χ1) is 12.8. The van der Waals surface area contributed by atoms with E-state index in [-0.39, 0.29) is 29.0 Å². The van der Waals surface area contributed by atoms with Gasteiger partial charge in [-0.1, -0.05) is 24.3 Å². The zero-order valence-electron chi connectivity index (χ0n) is 16.3. The number of carbonyl (C=O) groups is 1. The molecule has 3 aliphatic rings. The van der Waals surface area contributed by atoms with Gasteiger partial charge < -0.3 is 9.80 Å². The Labute approximate surface area is 162 Å². The molecule has 0 unspecified atom stereocenters. The predicted octanol–water partition coefficient (Wildman–Crippen LogP) is 1.48. The third-order valence-electron chi connectivity index (χ3n) is 6.22. The molecule has 148 valence electrons. The van der Waals surface area contributed by atoms with E-state index in [1.54, 1.807) is 4.31 Å². The minimum Gasteiger partial charge on any atom is -0.334 e. The van der Waals surface area contributed by atoms with Crippen LogP contribution in [-0.2, 0) is 14.8 Å². The maximum absolute atomic E-state index is 12.9. The first-order valence-corrected chi connectivity index (χ1v) is 11.3. The molecule has 0 bridgehead atoms. The Bertz CT molecular complexity index is 835. The molecule has 3 atom stereocenters. The van der Waals surface area contributed by atoms with Crippen LogP contribution in [-0.4, -0.2) is 74.0 Å². The predicted molar refractivity (Wildman–Crippen MR) is 105 cm³/mol. The number of nitrogens with zero attached hydrogens (tertiary/aromatic N) is 3. The Morgan fingerprint density at radius 3 is 2.48 bits per heavy atom. The van der Waals surface area contributed by atoms with Crippen molar-refractivity contribution in [2.45, 2.75) is 31.1 Å². The molecule has 0 spiro atoms. The Kier molecular flexibility index (Phi) is 4.81. The highest BCUT2D eigenvalue weighted by Crippen LogP contribution is 2.47.